The fourth-order valence-corrected chi connectivity index (χ4v) is 0.354. The van der Waals surface area contributed by atoms with Crippen LogP contribution in [0.3, 0.4) is 0 Å². The van der Waals surface area contributed by atoms with E-state index in [4.69, 9.17) is 5.73 Å². The third kappa shape index (κ3) is 7.28. The Bertz CT molecular complexity index is 88.7. The lowest BCUT2D eigenvalue weighted by atomic mass is 10.2. The molecule has 1 nitrogen and oxygen atoms in total. The van der Waals surface area contributed by atoms with Gasteiger partial charge in [-0.25, -0.2) is 0 Å². The zero-order valence-corrected chi connectivity index (χ0v) is 6.70. The van der Waals surface area contributed by atoms with Crippen LogP contribution in [0, 0.1) is 0 Å². The lowest BCUT2D eigenvalue weighted by Gasteiger charge is -1.95. The highest BCUT2D eigenvalue weighted by Crippen LogP contribution is 1.97. The van der Waals surface area contributed by atoms with Gasteiger partial charge in [-0.05, 0) is 20.3 Å². The Morgan fingerprint density at radius 3 is 1.67 bits per heavy atom. The van der Waals surface area contributed by atoms with Crippen LogP contribution in [-0.4, -0.2) is 0 Å². The summed E-state index contributed by atoms with van der Waals surface area (Å²) in [6.07, 6.45) is 0.975. The Balaban J connectivity index is 0. The molecule has 0 fully saturated rings. The summed E-state index contributed by atoms with van der Waals surface area (Å²) in [5, 5.41) is 0. The summed E-state index contributed by atoms with van der Waals surface area (Å²) in [6.45, 7) is 12.1. The maximum Gasteiger partial charge on any atom is 0.00639 e. The molecule has 9 heavy (non-hydrogen) atoms. The van der Waals surface area contributed by atoms with E-state index in [1.807, 2.05) is 13.8 Å². The van der Waals surface area contributed by atoms with Crippen LogP contribution in [0.5, 0.6) is 0 Å². The summed E-state index contributed by atoms with van der Waals surface area (Å²) in [5.74, 6) is 0. The van der Waals surface area contributed by atoms with Gasteiger partial charge in [-0.3, -0.25) is 0 Å². The molecule has 0 aliphatic rings. The minimum absolute atomic E-state index is 0.975. The molecule has 2 N–H and O–H groups in total. The van der Waals surface area contributed by atoms with Gasteiger partial charge in [0.1, 0.15) is 0 Å². The average Bonchev–Trinajstić information content (AvgIpc) is 1.91. The first kappa shape index (κ1) is 11.1. The van der Waals surface area contributed by atoms with Crippen molar-refractivity contribution in [1.82, 2.24) is 0 Å². The highest BCUT2D eigenvalue weighted by atomic mass is 14.6. The van der Waals surface area contributed by atoms with Crippen molar-refractivity contribution in [2.45, 2.75) is 27.2 Å². The van der Waals surface area contributed by atoms with E-state index < -0.39 is 0 Å². The van der Waals surface area contributed by atoms with Crippen LogP contribution in [0.2, 0.25) is 0 Å². The van der Waals surface area contributed by atoms with Crippen LogP contribution in [0.25, 0.3) is 0 Å². The molecule has 0 aliphatic heterocycles. The fourth-order valence-electron chi connectivity index (χ4n) is 0.354. The van der Waals surface area contributed by atoms with Gasteiger partial charge in [0.25, 0.3) is 0 Å². The molecule has 54 valence electrons. The maximum atomic E-state index is 5.50. The van der Waals surface area contributed by atoms with Crippen molar-refractivity contribution in [2.75, 3.05) is 0 Å². The molecule has 0 aromatic rings. The van der Waals surface area contributed by atoms with Crippen molar-refractivity contribution in [3.63, 3.8) is 0 Å². The van der Waals surface area contributed by atoms with Gasteiger partial charge >= 0.3 is 0 Å². The van der Waals surface area contributed by atoms with E-state index in [0.717, 1.165) is 12.1 Å². The number of hydrogen-bond acceptors (Lipinski definition) is 1. The number of allylic oxidation sites excluding steroid dienone is 2. The third-order valence-electron chi connectivity index (χ3n) is 1.02. The lowest BCUT2D eigenvalue weighted by molar-refractivity contribution is 1.02. The van der Waals surface area contributed by atoms with Crippen molar-refractivity contribution in [1.29, 1.82) is 0 Å². The van der Waals surface area contributed by atoms with Crippen LogP contribution in [0.1, 0.15) is 27.2 Å². The van der Waals surface area contributed by atoms with Crippen LogP contribution in [0.4, 0.5) is 0 Å². The number of rotatable bonds is 1. The molecule has 0 atom stereocenters. The van der Waals surface area contributed by atoms with Gasteiger partial charge in [-0.1, -0.05) is 12.5 Å². The normalized spacial score (nSPS) is 7.00. The van der Waals surface area contributed by atoms with E-state index in [9.17, 15) is 0 Å². The van der Waals surface area contributed by atoms with Crippen molar-refractivity contribution in [3.05, 3.63) is 24.4 Å². The van der Waals surface area contributed by atoms with Gasteiger partial charge in [-0.2, -0.15) is 0 Å². The Hall–Kier alpha value is -0.720. The summed E-state index contributed by atoms with van der Waals surface area (Å²) in [7, 11) is 0. The van der Waals surface area contributed by atoms with Crippen LogP contribution >= 0.6 is 0 Å². The van der Waals surface area contributed by atoms with E-state index in [0.29, 0.717) is 0 Å². The molecule has 0 unspecified atom stereocenters. The molecule has 0 saturated heterocycles. The SMILES string of the molecule is C=C.CCC(N)=C(C)C. The van der Waals surface area contributed by atoms with Gasteiger partial charge < -0.3 is 5.73 Å². The van der Waals surface area contributed by atoms with E-state index in [1.165, 1.54) is 5.57 Å². The summed E-state index contributed by atoms with van der Waals surface area (Å²) >= 11 is 0. The topological polar surface area (TPSA) is 26.0 Å². The monoisotopic (exact) mass is 127 g/mol. The highest BCUT2D eigenvalue weighted by molar-refractivity contribution is 5.03. The molecule has 0 aromatic heterocycles. The third-order valence-corrected chi connectivity index (χ3v) is 1.02. The Kier molecular flexibility index (Phi) is 9.00. The largest absolute Gasteiger partial charge is 0.402 e. The van der Waals surface area contributed by atoms with Gasteiger partial charge in [-0.15, -0.1) is 13.2 Å². The quantitative estimate of drug-likeness (QED) is 0.538. The molecular weight excluding hydrogens is 110 g/mol. The Morgan fingerprint density at radius 1 is 1.33 bits per heavy atom. The lowest BCUT2D eigenvalue weighted by Crippen LogP contribution is -1.96. The van der Waals surface area contributed by atoms with E-state index in [2.05, 4.69) is 20.1 Å². The van der Waals surface area contributed by atoms with Crippen LogP contribution < -0.4 is 5.73 Å². The van der Waals surface area contributed by atoms with Crippen molar-refractivity contribution in [3.8, 4) is 0 Å². The van der Waals surface area contributed by atoms with Crippen molar-refractivity contribution < 1.29 is 0 Å². The molecule has 0 amide bonds. The van der Waals surface area contributed by atoms with E-state index in [1.54, 1.807) is 0 Å². The maximum absolute atomic E-state index is 5.50. The van der Waals surface area contributed by atoms with E-state index >= 15 is 0 Å². The van der Waals surface area contributed by atoms with Gasteiger partial charge in [0.05, 0.1) is 0 Å². The summed E-state index contributed by atoms with van der Waals surface area (Å²) in [4.78, 5) is 0. The second kappa shape index (κ2) is 7.28. The van der Waals surface area contributed by atoms with Gasteiger partial charge in [0.15, 0.2) is 0 Å². The molecule has 0 aromatic carbocycles. The first-order valence-electron chi connectivity index (χ1n) is 3.10. The molecule has 0 rings (SSSR count). The zero-order valence-electron chi connectivity index (χ0n) is 6.70. The minimum atomic E-state index is 0.975. The smallest absolute Gasteiger partial charge is 0.00639 e. The molecule has 0 heterocycles. The molecule has 0 saturated carbocycles. The second-order valence-corrected chi connectivity index (χ2v) is 1.88. The fraction of sp³-hybridized carbons (Fsp3) is 0.500. The molecule has 0 bridgehead atoms. The Labute approximate surface area is 58.3 Å². The molecule has 0 spiro atoms. The first-order chi connectivity index (χ1) is 4.18. The predicted octanol–water partition coefficient (Wildman–Crippen LogP) is 2.45. The number of hydrogen-bond donors (Lipinski definition) is 1. The highest BCUT2D eigenvalue weighted by Gasteiger charge is 1.83. The molecule has 1 heteroatoms. The minimum Gasteiger partial charge on any atom is -0.402 e. The molecule has 0 aliphatic carbocycles. The van der Waals surface area contributed by atoms with E-state index in [-0.39, 0.29) is 0 Å². The second-order valence-electron chi connectivity index (χ2n) is 1.88. The van der Waals surface area contributed by atoms with Crippen LogP contribution in [0.15, 0.2) is 24.4 Å². The molecular formula is C8H17N. The summed E-state index contributed by atoms with van der Waals surface area (Å²) in [5.41, 5.74) is 7.75. The van der Waals surface area contributed by atoms with Gasteiger partial charge in [0.2, 0.25) is 0 Å². The molecule has 0 radical (unpaired) electrons. The standard InChI is InChI=1S/C6H13N.C2H4/c1-4-6(7)5(2)3;1-2/h4,7H2,1-3H3;1-2H2. The van der Waals surface area contributed by atoms with Gasteiger partial charge in [0, 0.05) is 5.70 Å². The summed E-state index contributed by atoms with van der Waals surface area (Å²) in [6, 6.07) is 0. The average molecular weight is 127 g/mol. The zero-order chi connectivity index (χ0) is 7.86. The van der Waals surface area contributed by atoms with Crippen molar-refractivity contribution in [2.24, 2.45) is 5.73 Å². The van der Waals surface area contributed by atoms with Crippen molar-refractivity contribution >= 4 is 0 Å². The first-order valence-corrected chi connectivity index (χ1v) is 3.10. The Morgan fingerprint density at radius 2 is 1.67 bits per heavy atom. The number of nitrogens with two attached hydrogens (primary N) is 1. The predicted molar refractivity (Wildman–Crippen MR) is 44.1 cm³/mol. The van der Waals surface area contributed by atoms with Crippen LogP contribution in [-0.2, 0) is 0 Å². The summed E-state index contributed by atoms with van der Waals surface area (Å²) < 4.78 is 0.